The summed E-state index contributed by atoms with van der Waals surface area (Å²) >= 11 is 9.80. The Bertz CT molecular complexity index is 1180. The molecule has 0 saturated carbocycles. The Hall–Kier alpha value is -2.87. The number of anilines is 1. The minimum absolute atomic E-state index is 0.0365. The molecule has 1 amide bonds. The molecule has 150 valence electrons. The van der Waals surface area contributed by atoms with E-state index in [2.05, 4.69) is 21.2 Å². The van der Waals surface area contributed by atoms with Crippen molar-refractivity contribution in [3.05, 3.63) is 104 Å². The number of carbonyl (C=O) groups excluding carboxylic acids is 1. The zero-order valence-electron chi connectivity index (χ0n) is 16.7. The number of nitrogens with zero attached hydrogens (tertiary/aromatic N) is 1. The fourth-order valence-electron chi connectivity index (χ4n) is 3.09. The Morgan fingerprint density at radius 1 is 1.10 bits per heavy atom. The van der Waals surface area contributed by atoms with Gasteiger partial charge in [0.05, 0.1) is 0 Å². The van der Waals surface area contributed by atoms with Gasteiger partial charge in [0.15, 0.2) is 0 Å². The minimum Gasteiger partial charge on any atom is -0.321 e. The second kappa shape index (κ2) is 9.75. The van der Waals surface area contributed by atoms with Gasteiger partial charge in [-0.25, -0.2) is 0 Å². The minimum atomic E-state index is -0.435. The van der Waals surface area contributed by atoms with Crippen molar-refractivity contribution in [1.82, 2.24) is 0 Å². The number of carbonyl (C=O) groups is 1. The van der Waals surface area contributed by atoms with Crippen molar-refractivity contribution in [3.8, 4) is 6.07 Å². The molecule has 3 aromatic rings. The van der Waals surface area contributed by atoms with Gasteiger partial charge in [0.2, 0.25) is 0 Å². The van der Waals surface area contributed by atoms with E-state index >= 15 is 0 Å². The lowest BCUT2D eigenvalue weighted by Crippen LogP contribution is -2.14. The Morgan fingerprint density at radius 3 is 2.60 bits per heavy atom. The molecule has 0 heterocycles. The summed E-state index contributed by atoms with van der Waals surface area (Å²) in [6, 6.07) is 21.2. The number of nitrogens with one attached hydrogen (secondary N) is 1. The van der Waals surface area contributed by atoms with Gasteiger partial charge in [-0.15, -0.1) is 0 Å². The largest absolute Gasteiger partial charge is 0.321 e. The zero-order valence-corrected chi connectivity index (χ0v) is 19.0. The van der Waals surface area contributed by atoms with Crippen molar-refractivity contribution < 1.29 is 4.79 Å². The third kappa shape index (κ3) is 5.18. The maximum absolute atomic E-state index is 12.8. The number of amides is 1. The number of aryl methyl sites for hydroxylation is 1. The van der Waals surface area contributed by atoms with Crippen LogP contribution in [0.15, 0.2) is 70.7 Å². The van der Waals surface area contributed by atoms with Crippen LogP contribution >= 0.6 is 27.5 Å². The third-order valence-corrected chi connectivity index (χ3v) is 5.83. The van der Waals surface area contributed by atoms with Crippen LogP contribution in [0, 0.1) is 25.2 Å². The van der Waals surface area contributed by atoms with E-state index in [4.69, 9.17) is 11.6 Å². The fraction of sp³-hybridized carbons (Fsp3) is 0.120. The second-order valence-corrected chi connectivity index (χ2v) is 8.31. The van der Waals surface area contributed by atoms with Gasteiger partial charge in [-0.3, -0.25) is 4.79 Å². The Morgan fingerprint density at radius 2 is 1.87 bits per heavy atom. The molecule has 0 saturated heterocycles. The molecule has 0 aliphatic rings. The van der Waals surface area contributed by atoms with E-state index in [0.29, 0.717) is 17.1 Å². The van der Waals surface area contributed by atoms with Crippen LogP contribution in [0.3, 0.4) is 0 Å². The van der Waals surface area contributed by atoms with Crippen molar-refractivity contribution in [2.45, 2.75) is 20.3 Å². The van der Waals surface area contributed by atoms with Crippen LogP contribution in [0.5, 0.6) is 0 Å². The monoisotopic (exact) mass is 478 g/mol. The van der Waals surface area contributed by atoms with Crippen LogP contribution < -0.4 is 5.32 Å². The number of hydrogen-bond acceptors (Lipinski definition) is 2. The first-order valence-corrected chi connectivity index (χ1v) is 10.6. The average Bonchev–Trinajstić information content (AvgIpc) is 2.72. The van der Waals surface area contributed by atoms with Gasteiger partial charge in [-0.1, -0.05) is 63.9 Å². The summed E-state index contributed by atoms with van der Waals surface area (Å²) < 4.78 is 0.865. The normalized spacial score (nSPS) is 11.1. The van der Waals surface area contributed by atoms with Crippen LogP contribution in [-0.2, 0) is 11.2 Å². The first-order valence-electron chi connectivity index (χ1n) is 9.40. The highest BCUT2D eigenvalue weighted by Gasteiger charge is 2.13. The average molecular weight is 480 g/mol. The van der Waals surface area contributed by atoms with Crippen molar-refractivity contribution in [2.24, 2.45) is 0 Å². The van der Waals surface area contributed by atoms with Crippen LogP contribution in [0.25, 0.3) is 6.08 Å². The van der Waals surface area contributed by atoms with Gasteiger partial charge in [-0.05, 0) is 78.4 Å². The highest BCUT2D eigenvalue weighted by atomic mass is 79.9. The number of hydrogen-bond donors (Lipinski definition) is 1. The van der Waals surface area contributed by atoms with Crippen molar-refractivity contribution in [1.29, 1.82) is 5.26 Å². The molecule has 0 aliphatic heterocycles. The molecule has 0 atom stereocenters. The third-order valence-electron chi connectivity index (χ3n) is 4.96. The lowest BCUT2D eigenvalue weighted by atomic mass is 9.98. The van der Waals surface area contributed by atoms with Gasteiger partial charge in [0.1, 0.15) is 11.6 Å². The molecule has 0 spiro atoms. The second-order valence-electron chi connectivity index (χ2n) is 6.98. The highest BCUT2D eigenvalue weighted by Crippen LogP contribution is 2.25. The van der Waals surface area contributed by atoms with E-state index in [1.807, 2.05) is 80.6 Å². The molecule has 3 rings (SSSR count). The van der Waals surface area contributed by atoms with E-state index in [1.54, 1.807) is 6.08 Å². The number of benzene rings is 3. The number of halogens is 2. The zero-order chi connectivity index (χ0) is 21.7. The molecule has 1 N–H and O–H groups in total. The summed E-state index contributed by atoms with van der Waals surface area (Å²) in [6.07, 6.45) is 2.22. The topological polar surface area (TPSA) is 52.9 Å². The van der Waals surface area contributed by atoms with E-state index < -0.39 is 5.91 Å². The summed E-state index contributed by atoms with van der Waals surface area (Å²) in [4.78, 5) is 12.8. The Labute approximate surface area is 190 Å². The molecular formula is C25H20BrClN2O. The van der Waals surface area contributed by atoms with E-state index in [-0.39, 0.29) is 5.57 Å². The van der Waals surface area contributed by atoms with Gasteiger partial charge in [-0.2, -0.15) is 5.26 Å². The van der Waals surface area contributed by atoms with E-state index in [9.17, 15) is 10.1 Å². The van der Waals surface area contributed by atoms with Crippen LogP contribution in [0.4, 0.5) is 5.69 Å². The van der Waals surface area contributed by atoms with Gasteiger partial charge >= 0.3 is 0 Å². The lowest BCUT2D eigenvalue weighted by molar-refractivity contribution is -0.112. The molecule has 5 heteroatoms. The lowest BCUT2D eigenvalue weighted by Gasteiger charge is -2.11. The van der Waals surface area contributed by atoms with Crippen molar-refractivity contribution in [3.63, 3.8) is 0 Å². The Kier molecular flexibility index (Phi) is 7.10. The quantitative estimate of drug-likeness (QED) is 0.321. The predicted octanol–water partition coefficient (Wildman–Crippen LogP) is 6.86. The highest BCUT2D eigenvalue weighted by molar-refractivity contribution is 9.10. The SMILES string of the molecule is Cc1cccc(NC(=O)/C(C#N)=C/c2cc(Br)ccc2Cc2ccccc2Cl)c1C. The van der Waals surface area contributed by atoms with Crippen molar-refractivity contribution >= 4 is 45.2 Å². The first-order chi connectivity index (χ1) is 14.4. The maximum atomic E-state index is 12.8. The van der Waals surface area contributed by atoms with Gasteiger partial charge in [0.25, 0.3) is 5.91 Å². The summed E-state index contributed by atoms with van der Waals surface area (Å²) in [5.41, 5.74) is 5.53. The first kappa shape index (κ1) is 21.8. The molecule has 3 aromatic carbocycles. The molecule has 30 heavy (non-hydrogen) atoms. The molecular weight excluding hydrogens is 460 g/mol. The standard InChI is InChI=1S/C25H20BrClN2O/c1-16-6-5-9-24(17(16)2)29-25(30)21(15-28)13-20-14-22(26)11-10-18(20)12-19-7-3-4-8-23(19)27/h3-11,13-14H,12H2,1-2H3,(H,29,30)/b21-13+. The molecule has 0 radical (unpaired) electrons. The van der Waals surface area contributed by atoms with Crippen LogP contribution in [0.1, 0.15) is 27.8 Å². The smallest absolute Gasteiger partial charge is 0.266 e. The molecule has 0 unspecified atom stereocenters. The molecule has 0 aliphatic carbocycles. The molecule has 0 bridgehead atoms. The molecule has 0 fully saturated rings. The maximum Gasteiger partial charge on any atom is 0.266 e. The van der Waals surface area contributed by atoms with Gasteiger partial charge in [0, 0.05) is 15.2 Å². The van der Waals surface area contributed by atoms with Crippen molar-refractivity contribution in [2.75, 3.05) is 5.32 Å². The van der Waals surface area contributed by atoms with Gasteiger partial charge < -0.3 is 5.32 Å². The summed E-state index contributed by atoms with van der Waals surface area (Å²) in [5, 5.41) is 13.2. The summed E-state index contributed by atoms with van der Waals surface area (Å²) in [6.45, 7) is 3.92. The van der Waals surface area contributed by atoms with E-state index in [1.165, 1.54) is 0 Å². The fourth-order valence-corrected chi connectivity index (χ4v) is 3.67. The van der Waals surface area contributed by atoms with Crippen LogP contribution in [0.2, 0.25) is 5.02 Å². The summed E-state index contributed by atoms with van der Waals surface area (Å²) in [5.74, 6) is -0.435. The predicted molar refractivity (Wildman–Crippen MR) is 127 cm³/mol. The molecule has 3 nitrogen and oxygen atoms in total. The summed E-state index contributed by atoms with van der Waals surface area (Å²) in [7, 11) is 0. The number of rotatable bonds is 5. The van der Waals surface area contributed by atoms with E-state index in [0.717, 1.165) is 32.3 Å². The van der Waals surface area contributed by atoms with Crippen LogP contribution in [-0.4, -0.2) is 5.91 Å². The Balaban J connectivity index is 1.94. The number of nitriles is 1. The molecule has 0 aromatic heterocycles.